The molecule has 1 saturated carbocycles. The lowest BCUT2D eigenvalue weighted by atomic mass is 9.92. The largest absolute Gasteiger partial charge is 0.359 e. The van der Waals surface area contributed by atoms with Gasteiger partial charge in [0.25, 0.3) is 5.91 Å². The molecule has 0 unspecified atom stereocenters. The number of hydrogen-bond donors (Lipinski definition) is 2. The molecule has 0 bridgehead atoms. The fraction of sp³-hybridized carbons (Fsp3) is 0.400. The molecular formula is C20H20N4O4. The summed E-state index contributed by atoms with van der Waals surface area (Å²) in [7, 11) is 0. The molecule has 3 aliphatic rings. The Morgan fingerprint density at radius 3 is 2.93 bits per heavy atom. The van der Waals surface area contributed by atoms with Crippen LogP contribution < -0.4 is 10.6 Å². The molecule has 5 rings (SSSR count). The summed E-state index contributed by atoms with van der Waals surface area (Å²) in [5.41, 5.74) is 1.97. The minimum absolute atomic E-state index is 0.284. The third kappa shape index (κ3) is 2.44. The predicted molar refractivity (Wildman–Crippen MR) is 98.5 cm³/mol. The smallest absolute Gasteiger partial charge is 0.325 e. The van der Waals surface area contributed by atoms with Crippen molar-refractivity contribution in [1.82, 2.24) is 15.4 Å². The Kier molecular flexibility index (Phi) is 3.59. The van der Waals surface area contributed by atoms with Crippen molar-refractivity contribution in [2.75, 3.05) is 11.9 Å². The molecule has 1 atom stereocenters. The van der Waals surface area contributed by atoms with Gasteiger partial charge in [-0.3, -0.25) is 14.5 Å². The van der Waals surface area contributed by atoms with Crippen molar-refractivity contribution in [1.29, 1.82) is 0 Å². The highest BCUT2D eigenvalue weighted by Gasteiger charge is 2.55. The number of nitrogens with zero attached hydrogens (tertiary/aromatic N) is 2. The summed E-state index contributed by atoms with van der Waals surface area (Å²) in [4.78, 5) is 39.2. The second kappa shape index (κ2) is 5.92. The van der Waals surface area contributed by atoms with Gasteiger partial charge in [0.05, 0.1) is 0 Å². The number of anilines is 1. The van der Waals surface area contributed by atoms with E-state index >= 15 is 0 Å². The molecule has 1 aromatic heterocycles. The van der Waals surface area contributed by atoms with E-state index in [0.29, 0.717) is 30.0 Å². The number of nitrogens with one attached hydrogen (secondary N) is 2. The van der Waals surface area contributed by atoms with Crippen LogP contribution in [-0.2, 0) is 21.5 Å². The topological polar surface area (TPSA) is 105 Å². The van der Waals surface area contributed by atoms with Gasteiger partial charge in [0.15, 0.2) is 5.76 Å². The maximum Gasteiger partial charge on any atom is 0.325 e. The highest BCUT2D eigenvalue weighted by Crippen LogP contribution is 2.44. The summed E-state index contributed by atoms with van der Waals surface area (Å²) in [6, 6.07) is 7.07. The van der Waals surface area contributed by atoms with Crippen LogP contribution in [-0.4, -0.2) is 34.4 Å². The lowest BCUT2D eigenvalue weighted by Crippen LogP contribution is -2.43. The molecule has 8 heteroatoms. The number of hydrogen-bond acceptors (Lipinski definition) is 5. The molecule has 28 heavy (non-hydrogen) atoms. The van der Waals surface area contributed by atoms with E-state index < -0.39 is 17.5 Å². The van der Waals surface area contributed by atoms with E-state index in [1.165, 1.54) is 0 Å². The van der Waals surface area contributed by atoms with Gasteiger partial charge in [0, 0.05) is 5.92 Å². The van der Waals surface area contributed by atoms with Crippen molar-refractivity contribution in [3.63, 3.8) is 0 Å². The Bertz CT molecular complexity index is 1010. The van der Waals surface area contributed by atoms with E-state index in [2.05, 4.69) is 15.8 Å². The summed E-state index contributed by atoms with van der Waals surface area (Å²) >= 11 is 0. The first kappa shape index (κ1) is 17.0. The van der Waals surface area contributed by atoms with E-state index in [1.54, 1.807) is 6.92 Å². The number of carbonyl (C=O) groups excluding carboxylic acids is 3. The molecule has 144 valence electrons. The van der Waals surface area contributed by atoms with Gasteiger partial charge < -0.3 is 15.2 Å². The zero-order valence-corrected chi connectivity index (χ0v) is 15.4. The summed E-state index contributed by atoms with van der Waals surface area (Å²) in [6.45, 7) is 1.41. The first-order valence-electron chi connectivity index (χ1n) is 9.48. The van der Waals surface area contributed by atoms with Crippen LogP contribution in [0.15, 0.2) is 28.8 Å². The number of benzene rings is 1. The fourth-order valence-corrected chi connectivity index (χ4v) is 4.22. The lowest BCUT2D eigenvalue weighted by molar-refractivity contribution is -0.134. The molecule has 2 aromatic rings. The number of urea groups is 1. The number of amides is 4. The number of aromatic nitrogens is 1. The highest BCUT2D eigenvalue weighted by atomic mass is 16.5. The van der Waals surface area contributed by atoms with Crippen LogP contribution in [0.2, 0.25) is 0 Å². The number of carbonyl (C=O) groups is 3. The molecule has 1 saturated heterocycles. The van der Waals surface area contributed by atoms with Crippen LogP contribution in [0.4, 0.5) is 10.5 Å². The normalized spacial score (nSPS) is 23.2. The van der Waals surface area contributed by atoms with E-state index in [9.17, 15) is 14.4 Å². The Morgan fingerprint density at radius 1 is 1.36 bits per heavy atom. The third-order valence-corrected chi connectivity index (χ3v) is 5.83. The predicted octanol–water partition coefficient (Wildman–Crippen LogP) is 2.19. The molecule has 0 radical (unpaired) electrons. The molecule has 2 heterocycles. The van der Waals surface area contributed by atoms with Gasteiger partial charge in [0.2, 0.25) is 5.91 Å². The first-order valence-corrected chi connectivity index (χ1v) is 9.48. The first-order chi connectivity index (χ1) is 13.5. The highest BCUT2D eigenvalue weighted by molar-refractivity contribution is 6.11. The summed E-state index contributed by atoms with van der Waals surface area (Å²) in [5, 5.41) is 9.53. The van der Waals surface area contributed by atoms with Crippen molar-refractivity contribution < 1.29 is 18.9 Å². The number of rotatable bonds is 4. The molecular weight excluding hydrogens is 360 g/mol. The van der Waals surface area contributed by atoms with Gasteiger partial charge in [-0.25, -0.2) is 4.79 Å². The van der Waals surface area contributed by atoms with Crippen molar-refractivity contribution in [3.05, 3.63) is 46.8 Å². The molecule has 2 aliphatic carbocycles. The van der Waals surface area contributed by atoms with Gasteiger partial charge in [-0.15, -0.1) is 0 Å². The minimum atomic E-state index is -1.06. The average molecular weight is 380 g/mol. The SMILES string of the molecule is Cc1noc(C2CC2)c1NC(=O)CN1C(=O)N[C@@]2(CCc3ccccc32)C1=O. The average Bonchev–Trinajstić information content (AvgIpc) is 3.32. The van der Waals surface area contributed by atoms with Gasteiger partial charge >= 0.3 is 6.03 Å². The van der Waals surface area contributed by atoms with Crippen molar-refractivity contribution in [2.45, 2.75) is 44.1 Å². The Morgan fingerprint density at radius 2 is 2.14 bits per heavy atom. The number of aryl methyl sites for hydroxylation is 2. The van der Waals surface area contributed by atoms with Crippen LogP contribution in [0.3, 0.4) is 0 Å². The van der Waals surface area contributed by atoms with Crippen molar-refractivity contribution in [3.8, 4) is 0 Å². The van der Waals surface area contributed by atoms with Crippen LogP contribution in [0.25, 0.3) is 0 Å². The Labute approximate surface area is 161 Å². The van der Waals surface area contributed by atoms with Crippen LogP contribution in [0.5, 0.6) is 0 Å². The maximum absolute atomic E-state index is 13.1. The fourth-order valence-electron chi connectivity index (χ4n) is 4.22. The van der Waals surface area contributed by atoms with E-state index in [4.69, 9.17) is 4.52 Å². The van der Waals surface area contributed by atoms with E-state index in [-0.39, 0.29) is 18.4 Å². The van der Waals surface area contributed by atoms with Crippen LogP contribution in [0.1, 0.15) is 47.8 Å². The van der Waals surface area contributed by atoms with Gasteiger partial charge in [0.1, 0.15) is 23.5 Å². The monoisotopic (exact) mass is 380 g/mol. The standard InChI is InChI=1S/C20H20N4O4/c1-11-16(17(28-23-11)13-6-7-13)21-15(25)10-24-18(26)20(22-19(24)27)9-8-12-4-2-3-5-14(12)20/h2-5,13H,6-10H2,1H3,(H,21,25)(H,22,27)/t20-/m1/s1. The molecule has 1 aliphatic heterocycles. The zero-order valence-electron chi connectivity index (χ0n) is 15.4. The minimum Gasteiger partial charge on any atom is -0.359 e. The molecule has 1 aromatic carbocycles. The Balaban J connectivity index is 1.35. The number of fused-ring (bicyclic) bond motifs is 2. The molecule has 1 spiro atoms. The zero-order chi connectivity index (χ0) is 19.5. The maximum atomic E-state index is 13.1. The third-order valence-electron chi connectivity index (χ3n) is 5.83. The van der Waals surface area contributed by atoms with Crippen molar-refractivity contribution >= 4 is 23.5 Å². The Hall–Kier alpha value is -3.16. The summed E-state index contributed by atoms with van der Waals surface area (Å²) in [6.07, 6.45) is 3.23. The van der Waals surface area contributed by atoms with Gasteiger partial charge in [-0.05, 0) is 43.7 Å². The van der Waals surface area contributed by atoms with E-state index in [1.807, 2.05) is 24.3 Å². The molecule has 2 N–H and O–H groups in total. The summed E-state index contributed by atoms with van der Waals surface area (Å²) in [5.74, 6) is 0.137. The second-order valence-corrected chi connectivity index (χ2v) is 7.71. The van der Waals surface area contributed by atoms with Gasteiger partial charge in [-0.2, -0.15) is 0 Å². The quantitative estimate of drug-likeness (QED) is 0.791. The molecule has 2 fully saturated rings. The molecule has 8 nitrogen and oxygen atoms in total. The van der Waals surface area contributed by atoms with Gasteiger partial charge in [-0.1, -0.05) is 29.4 Å². The number of imide groups is 1. The van der Waals surface area contributed by atoms with Crippen LogP contribution in [0, 0.1) is 6.92 Å². The molecule has 4 amide bonds. The van der Waals surface area contributed by atoms with E-state index in [0.717, 1.165) is 28.9 Å². The lowest BCUT2D eigenvalue weighted by Gasteiger charge is -2.22. The summed E-state index contributed by atoms with van der Waals surface area (Å²) < 4.78 is 5.32. The van der Waals surface area contributed by atoms with Crippen LogP contribution >= 0.6 is 0 Å². The second-order valence-electron chi connectivity index (χ2n) is 7.71. The van der Waals surface area contributed by atoms with Crippen molar-refractivity contribution in [2.24, 2.45) is 0 Å².